The lowest BCUT2D eigenvalue weighted by Crippen LogP contribution is -2.23. The average molecular weight is 366 g/mol. The van der Waals surface area contributed by atoms with Crippen molar-refractivity contribution in [2.75, 3.05) is 17.2 Å². The van der Waals surface area contributed by atoms with E-state index in [-0.39, 0.29) is 29.4 Å². The predicted octanol–water partition coefficient (Wildman–Crippen LogP) is 3.16. The van der Waals surface area contributed by atoms with Gasteiger partial charge in [-0.2, -0.15) is 0 Å². The highest BCUT2D eigenvalue weighted by Gasteiger charge is 2.29. The number of primary amides is 1. The largest absolute Gasteiger partial charge is 0.462 e. The maximum absolute atomic E-state index is 12.1. The first-order chi connectivity index (χ1) is 11.8. The highest BCUT2D eigenvalue weighted by molar-refractivity contribution is 6.30. The smallest absolute Gasteiger partial charge is 0.342 e. The van der Waals surface area contributed by atoms with Crippen LogP contribution >= 0.6 is 11.6 Å². The molecule has 2 aromatic rings. The van der Waals surface area contributed by atoms with E-state index in [2.05, 4.69) is 10.6 Å². The molecule has 9 heteroatoms. The molecule has 3 amide bonds. The summed E-state index contributed by atoms with van der Waals surface area (Å²) in [5, 5.41) is 5.31. The molecule has 0 aliphatic heterocycles. The summed E-state index contributed by atoms with van der Waals surface area (Å²) < 4.78 is 10.2. The van der Waals surface area contributed by atoms with E-state index in [1.807, 2.05) is 0 Å². The van der Waals surface area contributed by atoms with E-state index in [0.717, 1.165) is 0 Å². The molecule has 4 N–H and O–H groups in total. The number of anilines is 2. The van der Waals surface area contributed by atoms with Crippen molar-refractivity contribution in [2.24, 2.45) is 5.73 Å². The van der Waals surface area contributed by atoms with Crippen LogP contribution in [0.3, 0.4) is 0 Å². The molecule has 0 fully saturated rings. The lowest BCUT2D eigenvalue weighted by Gasteiger charge is -2.07. The number of nitrogens with two attached hydrogens (primary N) is 1. The third kappa shape index (κ3) is 4.30. The van der Waals surface area contributed by atoms with Crippen LogP contribution in [0.5, 0.6) is 0 Å². The van der Waals surface area contributed by atoms with Crippen molar-refractivity contribution in [1.29, 1.82) is 0 Å². The zero-order chi connectivity index (χ0) is 18.6. The quantitative estimate of drug-likeness (QED) is 0.702. The summed E-state index contributed by atoms with van der Waals surface area (Å²) in [5.41, 5.74) is 5.37. The summed E-state index contributed by atoms with van der Waals surface area (Å²) in [4.78, 5) is 35.8. The van der Waals surface area contributed by atoms with E-state index in [1.54, 1.807) is 25.1 Å². The number of nitrogens with one attached hydrogen (secondary N) is 2. The molecule has 0 radical (unpaired) electrons. The number of urea groups is 1. The van der Waals surface area contributed by atoms with Crippen molar-refractivity contribution in [3.05, 3.63) is 46.2 Å². The van der Waals surface area contributed by atoms with Gasteiger partial charge in [-0.25, -0.2) is 9.59 Å². The van der Waals surface area contributed by atoms with Crippen LogP contribution in [0.25, 0.3) is 0 Å². The maximum atomic E-state index is 12.1. The first-order valence-electron chi connectivity index (χ1n) is 7.27. The zero-order valence-electron chi connectivity index (χ0n) is 13.5. The maximum Gasteiger partial charge on any atom is 0.342 e. The molecular weight excluding hydrogens is 350 g/mol. The van der Waals surface area contributed by atoms with Gasteiger partial charge < -0.3 is 20.2 Å². The molecule has 0 spiro atoms. The summed E-state index contributed by atoms with van der Waals surface area (Å²) in [6.07, 6.45) is 0. The van der Waals surface area contributed by atoms with Gasteiger partial charge in [-0.3, -0.25) is 10.1 Å². The fourth-order valence-corrected chi connectivity index (χ4v) is 2.34. The molecule has 0 saturated heterocycles. The first-order valence-corrected chi connectivity index (χ1v) is 7.65. The van der Waals surface area contributed by atoms with Crippen LogP contribution in [0.2, 0.25) is 5.02 Å². The molecule has 1 aromatic carbocycles. The normalized spacial score (nSPS) is 10.2. The van der Waals surface area contributed by atoms with E-state index >= 15 is 0 Å². The standard InChI is InChI=1S/C16H16ClN3O5/c1-3-24-15(22)11-8(2)25-14(12(11)13(18)21)20-16(23)19-10-6-4-5-9(17)7-10/h4-7H,3H2,1-2H3,(H2,18,21)(H2,19,20,23). The number of hydrogen-bond acceptors (Lipinski definition) is 5. The van der Waals surface area contributed by atoms with Gasteiger partial charge in [0.2, 0.25) is 5.88 Å². The van der Waals surface area contributed by atoms with Crippen molar-refractivity contribution < 1.29 is 23.5 Å². The van der Waals surface area contributed by atoms with Gasteiger partial charge >= 0.3 is 12.0 Å². The highest BCUT2D eigenvalue weighted by Crippen LogP contribution is 2.28. The second kappa shape index (κ2) is 7.71. The lowest BCUT2D eigenvalue weighted by molar-refractivity contribution is 0.0521. The molecule has 2 rings (SSSR count). The topological polar surface area (TPSA) is 124 Å². The van der Waals surface area contributed by atoms with Crippen LogP contribution in [-0.2, 0) is 4.74 Å². The number of hydrogen-bond donors (Lipinski definition) is 3. The molecule has 0 atom stereocenters. The minimum absolute atomic E-state index is 0.102. The Morgan fingerprint density at radius 2 is 1.96 bits per heavy atom. The van der Waals surface area contributed by atoms with Crippen LogP contribution in [0.15, 0.2) is 28.7 Å². The number of furan rings is 1. The van der Waals surface area contributed by atoms with Crippen LogP contribution in [0, 0.1) is 6.92 Å². The summed E-state index contributed by atoms with van der Waals surface area (Å²) in [6.45, 7) is 3.19. The molecule has 0 unspecified atom stereocenters. The van der Waals surface area contributed by atoms with Gasteiger partial charge in [-0.05, 0) is 32.0 Å². The van der Waals surface area contributed by atoms with Gasteiger partial charge in [0.05, 0.1) is 6.61 Å². The first kappa shape index (κ1) is 18.3. The fourth-order valence-electron chi connectivity index (χ4n) is 2.15. The monoisotopic (exact) mass is 365 g/mol. The van der Waals surface area contributed by atoms with Crippen molar-refractivity contribution in [3.63, 3.8) is 0 Å². The van der Waals surface area contributed by atoms with Crippen LogP contribution in [-0.4, -0.2) is 24.5 Å². The molecule has 0 bridgehead atoms. The van der Waals surface area contributed by atoms with E-state index in [4.69, 9.17) is 26.5 Å². The van der Waals surface area contributed by atoms with Gasteiger partial charge in [-0.1, -0.05) is 17.7 Å². The number of esters is 1. The molecule has 0 saturated carbocycles. The van der Waals surface area contributed by atoms with Gasteiger partial charge in [0.15, 0.2) is 0 Å². The Morgan fingerprint density at radius 1 is 1.24 bits per heavy atom. The Kier molecular flexibility index (Phi) is 5.66. The Hall–Kier alpha value is -3.00. The van der Waals surface area contributed by atoms with Crippen molar-refractivity contribution in [1.82, 2.24) is 0 Å². The summed E-state index contributed by atoms with van der Waals surface area (Å²) >= 11 is 5.84. The number of carbonyl (C=O) groups excluding carboxylic acids is 3. The van der Waals surface area contributed by atoms with Crippen LogP contribution in [0.1, 0.15) is 33.4 Å². The molecule has 1 heterocycles. The summed E-state index contributed by atoms with van der Waals surface area (Å²) in [5.74, 6) is -1.84. The molecule has 8 nitrogen and oxygen atoms in total. The average Bonchev–Trinajstić information content (AvgIpc) is 2.83. The summed E-state index contributed by atoms with van der Waals surface area (Å²) in [7, 11) is 0. The van der Waals surface area contributed by atoms with Crippen LogP contribution in [0.4, 0.5) is 16.4 Å². The number of carbonyl (C=O) groups is 3. The Balaban J connectivity index is 2.27. The second-order valence-corrected chi connectivity index (χ2v) is 5.35. The van der Waals surface area contributed by atoms with E-state index < -0.39 is 17.9 Å². The minimum Gasteiger partial charge on any atom is -0.462 e. The number of rotatable bonds is 5. The van der Waals surface area contributed by atoms with Crippen molar-refractivity contribution >= 4 is 41.1 Å². The van der Waals surface area contributed by atoms with Crippen LogP contribution < -0.4 is 16.4 Å². The third-order valence-corrected chi connectivity index (χ3v) is 3.35. The molecule has 1 aromatic heterocycles. The van der Waals surface area contributed by atoms with Crippen molar-refractivity contribution in [2.45, 2.75) is 13.8 Å². The SMILES string of the molecule is CCOC(=O)c1c(C)oc(NC(=O)Nc2cccc(Cl)c2)c1C(N)=O. The molecule has 25 heavy (non-hydrogen) atoms. The Labute approximate surface area is 148 Å². The minimum atomic E-state index is -0.932. The predicted molar refractivity (Wildman–Crippen MR) is 92.0 cm³/mol. The van der Waals surface area contributed by atoms with E-state index in [1.165, 1.54) is 13.0 Å². The fraction of sp³-hybridized carbons (Fsp3) is 0.188. The zero-order valence-corrected chi connectivity index (χ0v) is 14.3. The van der Waals surface area contributed by atoms with Crippen molar-refractivity contribution in [3.8, 4) is 0 Å². The Bertz CT molecular complexity index is 831. The molecule has 132 valence electrons. The molecule has 0 aliphatic carbocycles. The second-order valence-electron chi connectivity index (χ2n) is 4.91. The summed E-state index contributed by atoms with van der Waals surface area (Å²) in [6, 6.07) is 5.76. The number of halogens is 1. The van der Waals surface area contributed by atoms with E-state index in [9.17, 15) is 14.4 Å². The Morgan fingerprint density at radius 3 is 2.56 bits per heavy atom. The third-order valence-electron chi connectivity index (χ3n) is 3.12. The number of benzene rings is 1. The lowest BCUT2D eigenvalue weighted by atomic mass is 10.1. The van der Waals surface area contributed by atoms with Gasteiger partial charge in [0.1, 0.15) is 16.9 Å². The van der Waals surface area contributed by atoms with E-state index in [0.29, 0.717) is 10.7 Å². The number of amides is 3. The number of aryl methyl sites for hydroxylation is 1. The number of ether oxygens (including phenoxy) is 1. The molecular formula is C16H16ClN3O5. The van der Waals surface area contributed by atoms with Gasteiger partial charge in [0, 0.05) is 10.7 Å². The van der Waals surface area contributed by atoms with Gasteiger partial charge in [-0.15, -0.1) is 0 Å². The molecule has 0 aliphatic rings. The van der Waals surface area contributed by atoms with Gasteiger partial charge in [0.25, 0.3) is 5.91 Å². The highest BCUT2D eigenvalue weighted by atomic mass is 35.5.